The summed E-state index contributed by atoms with van der Waals surface area (Å²) in [5.41, 5.74) is 7.97. The maximum atomic E-state index is 11.0. The molecule has 1 atom stereocenters. The van der Waals surface area contributed by atoms with Gasteiger partial charge in [0.15, 0.2) is 0 Å². The fourth-order valence-corrected chi connectivity index (χ4v) is 2.01. The number of hydrogen-bond donors (Lipinski definition) is 2. The highest BCUT2D eigenvalue weighted by Crippen LogP contribution is 2.15. The van der Waals surface area contributed by atoms with Crippen LogP contribution in [0, 0.1) is 5.92 Å². The minimum absolute atomic E-state index is 0.321. The van der Waals surface area contributed by atoms with Gasteiger partial charge in [0.25, 0.3) is 0 Å². The lowest BCUT2D eigenvalue weighted by molar-refractivity contribution is -0.142. The van der Waals surface area contributed by atoms with Crippen molar-refractivity contribution in [3.63, 3.8) is 0 Å². The van der Waals surface area contributed by atoms with E-state index >= 15 is 0 Å². The first-order chi connectivity index (χ1) is 7.24. The zero-order chi connectivity index (χ0) is 11.1. The van der Waals surface area contributed by atoms with Gasteiger partial charge in [-0.3, -0.25) is 4.79 Å². The summed E-state index contributed by atoms with van der Waals surface area (Å²) in [4.78, 5) is 15.1. The Balaban J connectivity index is 2.40. The first-order valence-electron chi connectivity index (χ1n) is 5.04. The van der Waals surface area contributed by atoms with Gasteiger partial charge < -0.3 is 10.8 Å². The van der Waals surface area contributed by atoms with Crippen LogP contribution in [-0.2, 0) is 11.2 Å². The Kier molecular flexibility index (Phi) is 5.28. The number of hydrogen-bond acceptors (Lipinski definition) is 4. The number of carbonyl (C=O) groups is 1. The lowest BCUT2D eigenvalue weighted by Gasteiger charge is -2.09. The van der Waals surface area contributed by atoms with E-state index < -0.39 is 5.97 Å². The van der Waals surface area contributed by atoms with E-state index in [-0.39, 0.29) is 5.92 Å². The average Bonchev–Trinajstić information content (AvgIpc) is 2.69. The Morgan fingerprint density at radius 3 is 2.93 bits per heavy atom. The number of unbranched alkanes of at least 4 members (excludes halogenated alkanes) is 1. The third-order valence-corrected chi connectivity index (χ3v) is 2.93. The van der Waals surface area contributed by atoms with Crippen molar-refractivity contribution in [1.82, 2.24) is 4.98 Å². The molecule has 0 fully saturated rings. The minimum Gasteiger partial charge on any atom is -0.481 e. The van der Waals surface area contributed by atoms with E-state index in [2.05, 4.69) is 4.98 Å². The van der Waals surface area contributed by atoms with E-state index in [1.54, 1.807) is 5.51 Å². The van der Waals surface area contributed by atoms with Crippen molar-refractivity contribution in [3.05, 3.63) is 16.6 Å². The predicted molar refractivity (Wildman–Crippen MR) is 59.8 cm³/mol. The monoisotopic (exact) mass is 228 g/mol. The number of nitrogens with zero attached hydrogens (tertiary/aromatic N) is 1. The molecular formula is C10H16N2O2S. The van der Waals surface area contributed by atoms with Gasteiger partial charge in [0.05, 0.1) is 17.1 Å². The highest BCUT2D eigenvalue weighted by atomic mass is 32.1. The summed E-state index contributed by atoms with van der Waals surface area (Å²) >= 11 is 1.50. The highest BCUT2D eigenvalue weighted by Gasteiger charge is 2.18. The maximum Gasteiger partial charge on any atom is 0.306 e. The van der Waals surface area contributed by atoms with Crippen molar-refractivity contribution in [2.45, 2.75) is 25.7 Å². The van der Waals surface area contributed by atoms with Gasteiger partial charge in [-0.1, -0.05) is 6.42 Å². The number of aliphatic carboxylic acids is 1. The van der Waals surface area contributed by atoms with Crippen molar-refractivity contribution in [1.29, 1.82) is 0 Å². The summed E-state index contributed by atoms with van der Waals surface area (Å²) in [7, 11) is 0. The van der Waals surface area contributed by atoms with E-state index in [0.29, 0.717) is 19.4 Å². The quantitative estimate of drug-likeness (QED) is 0.694. The first-order valence-corrected chi connectivity index (χ1v) is 5.98. The van der Waals surface area contributed by atoms with Crippen molar-refractivity contribution >= 4 is 17.3 Å². The van der Waals surface area contributed by atoms with Gasteiger partial charge in [0.1, 0.15) is 0 Å². The summed E-state index contributed by atoms with van der Waals surface area (Å²) in [6.45, 7) is 0.628. The van der Waals surface area contributed by atoms with E-state index in [9.17, 15) is 4.79 Å². The third-order valence-electron chi connectivity index (χ3n) is 2.29. The second kappa shape index (κ2) is 6.53. The summed E-state index contributed by atoms with van der Waals surface area (Å²) in [5, 5.41) is 10.9. The molecule has 0 spiro atoms. The van der Waals surface area contributed by atoms with Crippen LogP contribution < -0.4 is 5.73 Å². The zero-order valence-corrected chi connectivity index (χ0v) is 9.37. The average molecular weight is 228 g/mol. The summed E-state index contributed by atoms with van der Waals surface area (Å²) < 4.78 is 0. The number of nitrogens with two attached hydrogens (primary N) is 1. The van der Waals surface area contributed by atoms with E-state index in [4.69, 9.17) is 10.8 Å². The van der Waals surface area contributed by atoms with Crippen LogP contribution in [0.4, 0.5) is 0 Å². The molecule has 0 aliphatic carbocycles. The van der Waals surface area contributed by atoms with Crippen LogP contribution in [-0.4, -0.2) is 22.6 Å². The van der Waals surface area contributed by atoms with Crippen LogP contribution >= 0.6 is 11.3 Å². The third kappa shape index (κ3) is 4.40. The molecule has 0 saturated heterocycles. The van der Waals surface area contributed by atoms with Crippen LogP contribution in [0.15, 0.2) is 10.9 Å². The molecule has 1 heterocycles. The standard InChI is InChI=1S/C10H16N2O2S/c11-4-2-1-3-8(10(13)14)5-9-6-15-7-12-9/h6-8H,1-5,11H2,(H,13,14). The predicted octanol–water partition coefficient (Wildman–Crippen LogP) is 1.52. The van der Waals surface area contributed by atoms with Crippen LogP contribution in [0.2, 0.25) is 0 Å². The number of carboxylic acid groups (broad SMARTS) is 1. The molecule has 1 rings (SSSR count). The second-order valence-electron chi connectivity index (χ2n) is 3.50. The lowest BCUT2D eigenvalue weighted by Crippen LogP contribution is -2.17. The van der Waals surface area contributed by atoms with Gasteiger partial charge in [0, 0.05) is 11.8 Å². The largest absolute Gasteiger partial charge is 0.481 e. The molecule has 4 nitrogen and oxygen atoms in total. The Labute approximate surface area is 93.1 Å². The smallest absolute Gasteiger partial charge is 0.306 e. The van der Waals surface area contributed by atoms with Crippen LogP contribution in [0.3, 0.4) is 0 Å². The van der Waals surface area contributed by atoms with Crippen molar-refractivity contribution in [2.24, 2.45) is 11.7 Å². The SMILES string of the molecule is NCCCCC(Cc1cscn1)C(=O)O. The van der Waals surface area contributed by atoms with Crippen molar-refractivity contribution in [3.8, 4) is 0 Å². The molecule has 5 heteroatoms. The van der Waals surface area contributed by atoms with Gasteiger partial charge >= 0.3 is 5.97 Å². The molecule has 0 saturated carbocycles. The van der Waals surface area contributed by atoms with E-state index in [1.165, 1.54) is 11.3 Å². The van der Waals surface area contributed by atoms with Crippen molar-refractivity contribution < 1.29 is 9.90 Å². The van der Waals surface area contributed by atoms with Crippen LogP contribution in [0.1, 0.15) is 25.0 Å². The number of aromatic nitrogens is 1. The molecule has 3 N–H and O–H groups in total. The van der Waals surface area contributed by atoms with Crippen LogP contribution in [0.5, 0.6) is 0 Å². The molecule has 0 bridgehead atoms. The molecule has 0 aliphatic heterocycles. The Bertz CT molecular complexity index is 288. The number of carboxylic acids is 1. The minimum atomic E-state index is -0.736. The maximum absolute atomic E-state index is 11.0. The van der Waals surface area contributed by atoms with Gasteiger partial charge in [-0.25, -0.2) is 4.98 Å². The van der Waals surface area contributed by atoms with Gasteiger partial charge in [-0.2, -0.15) is 0 Å². The number of rotatable bonds is 7. The topological polar surface area (TPSA) is 76.2 Å². The molecule has 0 aliphatic rings. The number of thiazole rings is 1. The van der Waals surface area contributed by atoms with Crippen LogP contribution in [0.25, 0.3) is 0 Å². The molecule has 1 unspecified atom stereocenters. The first kappa shape index (κ1) is 12.1. The van der Waals surface area contributed by atoms with Gasteiger partial charge in [0.2, 0.25) is 0 Å². The summed E-state index contributed by atoms with van der Waals surface area (Å²) in [6, 6.07) is 0. The van der Waals surface area contributed by atoms with E-state index in [1.807, 2.05) is 5.38 Å². The highest BCUT2D eigenvalue weighted by molar-refractivity contribution is 7.07. The second-order valence-corrected chi connectivity index (χ2v) is 4.22. The van der Waals surface area contributed by atoms with Crippen molar-refractivity contribution in [2.75, 3.05) is 6.54 Å². The van der Waals surface area contributed by atoms with Gasteiger partial charge in [-0.05, 0) is 19.4 Å². The molecule has 84 valence electrons. The zero-order valence-electron chi connectivity index (χ0n) is 8.56. The molecule has 0 radical (unpaired) electrons. The Morgan fingerprint density at radius 1 is 1.60 bits per heavy atom. The summed E-state index contributed by atoms with van der Waals surface area (Å²) in [5.74, 6) is -1.06. The lowest BCUT2D eigenvalue weighted by atomic mass is 9.97. The Hall–Kier alpha value is -0.940. The van der Waals surface area contributed by atoms with Gasteiger partial charge in [-0.15, -0.1) is 11.3 Å². The normalized spacial score (nSPS) is 12.6. The molecule has 0 amide bonds. The molecule has 1 aromatic heterocycles. The molecule has 15 heavy (non-hydrogen) atoms. The fraction of sp³-hybridized carbons (Fsp3) is 0.600. The molecule has 0 aromatic carbocycles. The molecular weight excluding hydrogens is 212 g/mol. The van der Waals surface area contributed by atoms with E-state index in [0.717, 1.165) is 18.5 Å². The summed E-state index contributed by atoms with van der Waals surface area (Å²) in [6.07, 6.45) is 2.98. The molecule has 1 aromatic rings. The fourth-order valence-electron chi connectivity index (χ4n) is 1.44. The Morgan fingerprint density at radius 2 is 2.40 bits per heavy atom.